The monoisotopic (exact) mass is 553 g/mol. The van der Waals surface area contributed by atoms with Crippen molar-refractivity contribution in [3.63, 3.8) is 0 Å². The number of ether oxygens (including phenoxy) is 1. The third-order valence-electron chi connectivity index (χ3n) is 7.89. The molecule has 1 fully saturated rings. The zero-order valence-electron chi connectivity index (χ0n) is 23.4. The van der Waals surface area contributed by atoms with Gasteiger partial charge >= 0.3 is 0 Å². The molecule has 6 rings (SSSR count). The molecule has 2 aromatic carbocycles. The summed E-state index contributed by atoms with van der Waals surface area (Å²) >= 11 is 0. The van der Waals surface area contributed by atoms with Crippen molar-refractivity contribution in [2.45, 2.75) is 37.8 Å². The second-order valence-corrected chi connectivity index (χ2v) is 11.1. The van der Waals surface area contributed by atoms with Crippen LogP contribution in [0.3, 0.4) is 0 Å². The SMILES string of the molecule is CN(C)C/C=C/C(=O)N1CCCC(n2nc(-c3ccc(OC4Cc5ccccc5C4)cc3)c3c(N)n[nH]c(=O)c32)C1. The minimum Gasteiger partial charge on any atom is -0.490 e. The summed E-state index contributed by atoms with van der Waals surface area (Å²) in [6.07, 6.45) is 6.98. The standard InChI is InChI=1S/C31H35N7O3/c1-36(2)15-6-10-26(39)37-16-5-9-23(19-37)38-29-27(30(32)33-34-31(29)40)28(35-38)20-11-13-24(14-12-20)41-25-17-21-7-3-4-8-22(21)18-25/h3-4,6-8,10-14,23,25H,5,9,15-19H2,1-2H3,(H2,32,33)(H,34,40)/b10-6+. The van der Waals surface area contributed by atoms with E-state index in [1.807, 2.05) is 54.2 Å². The first-order valence-corrected chi connectivity index (χ1v) is 14.1. The molecular weight excluding hydrogens is 518 g/mol. The molecule has 10 nitrogen and oxygen atoms in total. The first-order chi connectivity index (χ1) is 19.9. The summed E-state index contributed by atoms with van der Waals surface area (Å²) in [7, 11) is 3.92. The van der Waals surface area contributed by atoms with Crippen molar-refractivity contribution in [3.05, 3.63) is 82.2 Å². The summed E-state index contributed by atoms with van der Waals surface area (Å²) in [6, 6.07) is 16.0. The van der Waals surface area contributed by atoms with Crippen LogP contribution in [0.15, 0.2) is 65.5 Å². The molecule has 1 saturated heterocycles. The van der Waals surface area contributed by atoms with Gasteiger partial charge < -0.3 is 20.3 Å². The highest BCUT2D eigenvalue weighted by Crippen LogP contribution is 2.34. The van der Waals surface area contributed by atoms with Crippen LogP contribution >= 0.6 is 0 Å². The Morgan fingerprint density at radius 2 is 1.88 bits per heavy atom. The Morgan fingerprint density at radius 1 is 1.15 bits per heavy atom. The minimum absolute atomic E-state index is 0.0377. The molecule has 1 aliphatic heterocycles. The van der Waals surface area contributed by atoms with Gasteiger partial charge in [0.15, 0.2) is 5.82 Å². The van der Waals surface area contributed by atoms with Crippen LogP contribution < -0.4 is 16.0 Å². The number of anilines is 1. The fourth-order valence-corrected chi connectivity index (χ4v) is 5.89. The molecule has 41 heavy (non-hydrogen) atoms. The highest BCUT2D eigenvalue weighted by atomic mass is 16.5. The first-order valence-electron chi connectivity index (χ1n) is 14.1. The molecule has 4 aromatic rings. The maximum absolute atomic E-state index is 13.0. The summed E-state index contributed by atoms with van der Waals surface area (Å²) in [5.41, 5.74) is 10.4. The lowest BCUT2D eigenvalue weighted by atomic mass is 10.1. The van der Waals surface area contributed by atoms with Crippen LogP contribution in [-0.4, -0.2) is 75.5 Å². The van der Waals surface area contributed by atoms with Crippen LogP contribution in [0, 0.1) is 0 Å². The lowest BCUT2D eigenvalue weighted by Gasteiger charge is -2.32. The van der Waals surface area contributed by atoms with Gasteiger partial charge in [0.25, 0.3) is 5.56 Å². The van der Waals surface area contributed by atoms with E-state index in [0.717, 1.165) is 37.0 Å². The second kappa shape index (κ2) is 11.2. The highest BCUT2D eigenvalue weighted by molar-refractivity contribution is 5.99. The zero-order valence-corrected chi connectivity index (χ0v) is 23.4. The van der Waals surface area contributed by atoms with E-state index in [2.05, 4.69) is 34.5 Å². The summed E-state index contributed by atoms with van der Waals surface area (Å²) in [4.78, 5) is 29.7. The average molecular weight is 554 g/mol. The summed E-state index contributed by atoms with van der Waals surface area (Å²) in [5.74, 6) is 0.951. The van der Waals surface area contributed by atoms with Crippen LogP contribution in [0.25, 0.3) is 22.2 Å². The van der Waals surface area contributed by atoms with Crippen molar-refractivity contribution in [2.75, 3.05) is 39.5 Å². The molecule has 3 N–H and O–H groups in total. The molecule has 1 aliphatic carbocycles. The first kappa shape index (κ1) is 26.8. The number of benzene rings is 2. The van der Waals surface area contributed by atoms with Crippen LogP contribution in [0.5, 0.6) is 5.75 Å². The largest absolute Gasteiger partial charge is 0.490 e. The van der Waals surface area contributed by atoms with Crippen LogP contribution in [0.1, 0.15) is 30.0 Å². The normalized spacial score (nSPS) is 17.5. The van der Waals surface area contributed by atoms with Crippen molar-refractivity contribution in [2.24, 2.45) is 0 Å². The molecule has 0 spiro atoms. The zero-order chi connectivity index (χ0) is 28.5. The summed E-state index contributed by atoms with van der Waals surface area (Å²) in [6.45, 7) is 1.82. The number of nitrogens with two attached hydrogens (primary N) is 1. The quantitative estimate of drug-likeness (QED) is 0.337. The number of nitrogens with zero attached hydrogens (tertiary/aromatic N) is 5. The molecule has 2 aliphatic rings. The number of hydrogen-bond acceptors (Lipinski definition) is 7. The molecule has 0 bridgehead atoms. The molecule has 0 radical (unpaired) electrons. The number of nitrogen functional groups attached to an aromatic ring is 1. The lowest BCUT2D eigenvalue weighted by molar-refractivity contribution is -0.127. The molecule has 1 amide bonds. The molecule has 2 aromatic heterocycles. The van der Waals surface area contributed by atoms with Gasteiger partial charge in [0.2, 0.25) is 5.91 Å². The number of likely N-dealkylation sites (tertiary alicyclic amines) is 1. The van der Waals surface area contributed by atoms with Crippen molar-refractivity contribution in [1.29, 1.82) is 0 Å². The number of likely N-dealkylation sites (N-methyl/N-ethyl adjacent to an activating group) is 1. The van der Waals surface area contributed by atoms with Gasteiger partial charge in [0.1, 0.15) is 23.1 Å². The van der Waals surface area contributed by atoms with E-state index in [0.29, 0.717) is 36.2 Å². The van der Waals surface area contributed by atoms with Crippen LogP contribution in [-0.2, 0) is 17.6 Å². The fourth-order valence-electron chi connectivity index (χ4n) is 5.89. The molecule has 0 saturated carbocycles. The van der Waals surface area contributed by atoms with E-state index in [-0.39, 0.29) is 29.4 Å². The van der Waals surface area contributed by atoms with Gasteiger partial charge in [-0.15, -0.1) is 0 Å². The molecular formula is C31H35N7O3. The van der Waals surface area contributed by atoms with E-state index in [9.17, 15) is 9.59 Å². The number of piperidine rings is 1. The molecule has 3 heterocycles. The maximum Gasteiger partial charge on any atom is 0.290 e. The predicted molar refractivity (Wildman–Crippen MR) is 159 cm³/mol. The number of carbonyl (C=O) groups is 1. The van der Waals surface area contributed by atoms with Crippen molar-refractivity contribution >= 4 is 22.6 Å². The Bertz CT molecular complexity index is 1630. The van der Waals surface area contributed by atoms with Crippen LogP contribution in [0.4, 0.5) is 5.82 Å². The van der Waals surface area contributed by atoms with E-state index in [4.69, 9.17) is 15.6 Å². The van der Waals surface area contributed by atoms with Crippen molar-refractivity contribution in [1.82, 2.24) is 29.8 Å². The van der Waals surface area contributed by atoms with Gasteiger partial charge in [-0.3, -0.25) is 14.3 Å². The summed E-state index contributed by atoms with van der Waals surface area (Å²) in [5, 5.41) is 12.0. The Hall–Kier alpha value is -4.44. The van der Waals surface area contributed by atoms with Gasteiger partial charge in [0.05, 0.1) is 11.4 Å². The van der Waals surface area contributed by atoms with E-state index >= 15 is 0 Å². The molecule has 212 valence electrons. The second-order valence-electron chi connectivity index (χ2n) is 11.1. The number of aromatic amines is 1. The van der Waals surface area contributed by atoms with Crippen molar-refractivity contribution in [3.8, 4) is 17.0 Å². The number of carbonyl (C=O) groups excluding carboxylic acids is 1. The van der Waals surface area contributed by atoms with Gasteiger partial charge in [-0.05, 0) is 62.3 Å². The van der Waals surface area contributed by atoms with Gasteiger partial charge in [0, 0.05) is 44.1 Å². The highest BCUT2D eigenvalue weighted by Gasteiger charge is 2.29. The number of rotatable bonds is 7. The van der Waals surface area contributed by atoms with Crippen LogP contribution in [0.2, 0.25) is 0 Å². The molecule has 10 heteroatoms. The number of hydrogen-bond donors (Lipinski definition) is 2. The van der Waals surface area contributed by atoms with Gasteiger partial charge in [-0.25, -0.2) is 5.10 Å². The van der Waals surface area contributed by atoms with E-state index in [1.54, 1.807) is 10.8 Å². The van der Waals surface area contributed by atoms with Gasteiger partial charge in [-0.2, -0.15) is 10.2 Å². The minimum atomic E-state index is -0.358. The third-order valence-corrected chi connectivity index (χ3v) is 7.89. The summed E-state index contributed by atoms with van der Waals surface area (Å²) < 4.78 is 8.03. The number of nitrogens with one attached hydrogen (secondary N) is 1. The lowest BCUT2D eigenvalue weighted by Crippen LogP contribution is -2.40. The predicted octanol–water partition coefficient (Wildman–Crippen LogP) is 3.20. The smallest absolute Gasteiger partial charge is 0.290 e. The number of amides is 1. The number of H-pyrrole nitrogens is 1. The Morgan fingerprint density at radius 3 is 2.59 bits per heavy atom. The number of aromatic nitrogens is 4. The molecule has 1 unspecified atom stereocenters. The molecule has 1 atom stereocenters. The third kappa shape index (κ3) is 5.47. The average Bonchev–Trinajstić information content (AvgIpc) is 3.58. The Labute approximate surface area is 238 Å². The fraction of sp³-hybridized carbons (Fsp3) is 0.355. The maximum atomic E-state index is 13.0. The number of fused-ring (bicyclic) bond motifs is 2. The topological polar surface area (TPSA) is 122 Å². The van der Waals surface area contributed by atoms with E-state index in [1.165, 1.54) is 11.1 Å². The van der Waals surface area contributed by atoms with Gasteiger partial charge in [-0.1, -0.05) is 30.3 Å². The Kier molecular flexibility index (Phi) is 7.32. The van der Waals surface area contributed by atoms with E-state index < -0.39 is 0 Å². The Balaban J connectivity index is 1.26. The van der Waals surface area contributed by atoms with Crippen molar-refractivity contribution < 1.29 is 9.53 Å².